The molecular formula is C19H23N3O3. The lowest BCUT2D eigenvalue weighted by Crippen LogP contribution is -2.19. The Morgan fingerprint density at radius 1 is 1.08 bits per heavy atom. The van der Waals surface area contributed by atoms with E-state index in [1.807, 2.05) is 44.2 Å². The quantitative estimate of drug-likeness (QED) is 0.439. The van der Waals surface area contributed by atoms with Gasteiger partial charge in [0.2, 0.25) is 5.91 Å². The Hall–Kier alpha value is -3.02. The number of hydrazone groups is 1. The van der Waals surface area contributed by atoms with E-state index in [-0.39, 0.29) is 12.3 Å². The van der Waals surface area contributed by atoms with Crippen molar-refractivity contribution in [2.45, 2.75) is 20.3 Å². The number of amides is 1. The van der Waals surface area contributed by atoms with Crippen LogP contribution in [-0.2, 0) is 11.2 Å². The van der Waals surface area contributed by atoms with Gasteiger partial charge in [0.15, 0.2) is 11.5 Å². The van der Waals surface area contributed by atoms with Gasteiger partial charge in [0.05, 0.1) is 25.8 Å². The van der Waals surface area contributed by atoms with Gasteiger partial charge in [-0.2, -0.15) is 5.10 Å². The van der Waals surface area contributed by atoms with Crippen LogP contribution in [0.2, 0.25) is 0 Å². The van der Waals surface area contributed by atoms with Crippen LogP contribution in [0.25, 0.3) is 0 Å². The second-order valence-electron chi connectivity index (χ2n) is 5.28. The molecule has 0 aromatic heterocycles. The molecule has 2 aromatic rings. The zero-order chi connectivity index (χ0) is 18.1. The summed E-state index contributed by atoms with van der Waals surface area (Å²) >= 11 is 0. The summed E-state index contributed by atoms with van der Waals surface area (Å²) in [6.45, 7) is 4.93. The number of nitrogens with one attached hydrogen (secondary N) is 1. The lowest BCUT2D eigenvalue weighted by Gasteiger charge is -2.11. The first-order valence-electron chi connectivity index (χ1n) is 8.18. The summed E-state index contributed by atoms with van der Waals surface area (Å²) in [6, 6.07) is 12.7. The Morgan fingerprint density at radius 3 is 2.44 bits per heavy atom. The molecule has 2 aromatic carbocycles. The summed E-state index contributed by atoms with van der Waals surface area (Å²) < 4.78 is 11.1. The van der Waals surface area contributed by atoms with Crippen LogP contribution in [0.3, 0.4) is 0 Å². The van der Waals surface area contributed by atoms with E-state index in [0.717, 1.165) is 11.1 Å². The highest BCUT2D eigenvalue weighted by molar-refractivity contribution is 5.84. The number of carbonyl (C=O) groups is 1. The average Bonchev–Trinajstić information content (AvgIpc) is 2.59. The van der Waals surface area contributed by atoms with Gasteiger partial charge in [-0.15, -0.1) is 0 Å². The van der Waals surface area contributed by atoms with E-state index in [9.17, 15) is 4.79 Å². The molecule has 0 unspecified atom stereocenters. The molecule has 0 bridgehead atoms. The van der Waals surface area contributed by atoms with Gasteiger partial charge in [-0.25, -0.2) is 5.43 Å². The molecule has 25 heavy (non-hydrogen) atoms. The lowest BCUT2D eigenvalue weighted by atomic mass is 10.1. The van der Waals surface area contributed by atoms with Crippen molar-refractivity contribution in [2.24, 2.45) is 5.10 Å². The SMILES string of the molecule is CCOc1ccc(/C=N\NC(=O)Cc2ccc(N)cc2)cc1OCC. The van der Waals surface area contributed by atoms with Gasteiger partial charge in [-0.1, -0.05) is 12.1 Å². The highest BCUT2D eigenvalue weighted by atomic mass is 16.5. The second kappa shape index (κ2) is 9.32. The molecule has 0 saturated carbocycles. The first kappa shape index (κ1) is 18.3. The molecule has 0 radical (unpaired) electrons. The standard InChI is InChI=1S/C19H23N3O3/c1-3-24-17-10-7-15(11-18(17)25-4-2)13-21-22-19(23)12-14-5-8-16(20)9-6-14/h5-11,13H,3-4,12,20H2,1-2H3,(H,22,23)/b21-13-. The van der Waals surface area contributed by atoms with Gasteiger partial charge in [0.25, 0.3) is 0 Å². The van der Waals surface area contributed by atoms with Crippen molar-refractivity contribution >= 4 is 17.8 Å². The number of ether oxygens (including phenoxy) is 2. The fourth-order valence-corrected chi connectivity index (χ4v) is 2.19. The molecule has 3 N–H and O–H groups in total. The molecule has 6 heteroatoms. The van der Waals surface area contributed by atoms with Gasteiger partial charge in [-0.3, -0.25) is 4.79 Å². The van der Waals surface area contributed by atoms with E-state index in [2.05, 4.69) is 10.5 Å². The topological polar surface area (TPSA) is 85.9 Å². The molecule has 0 saturated heterocycles. The van der Waals surface area contributed by atoms with Crippen molar-refractivity contribution in [1.29, 1.82) is 0 Å². The molecule has 132 valence electrons. The Morgan fingerprint density at radius 2 is 1.76 bits per heavy atom. The Kier molecular flexibility index (Phi) is 6.83. The monoisotopic (exact) mass is 341 g/mol. The molecule has 0 atom stereocenters. The molecule has 2 rings (SSSR count). The number of nitrogens with zero attached hydrogens (tertiary/aromatic N) is 1. The predicted molar refractivity (Wildman–Crippen MR) is 99.1 cm³/mol. The van der Waals surface area contributed by atoms with E-state index in [4.69, 9.17) is 15.2 Å². The molecular weight excluding hydrogens is 318 g/mol. The first-order chi connectivity index (χ1) is 12.1. The third kappa shape index (κ3) is 5.84. The number of nitrogens with two attached hydrogens (primary N) is 1. The Balaban J connectivity index is 1.95. The normalized spacial score (nSPS) is 10.6. The highest BCUT2D eigenvalue weighted by Crippen LogP contribution is 2.27. The van der Waals surface area contributed by atoms with Gasteiger partial charge < -0.3 is 15.2 Å². The second-order valence-corrected chi connectivity index (χ2v) is 5.28. The molecule has 0 aliphatic carbocycles. The zero-order valence-electron chi connectivity index (χ0n) is 14.5. The van der Waals surface area contributed by atoms with Crippen LogP contribution >= 0.6 is 0 Å². The number of anilines is 1. The number of benzene rings is 2. The third-order valence-corrected chi connectivity index (χ3v) is 3.31. The average molecular weight is 341 g/mol. The Bertz CT molecular complexity index is 727. The van der Waals surface area contributed by atoms with Crippen LogP contribution in [0.5, 0.6) is 11.5 Å². The van der Waals surface area contributed by atoms with Crippen molar-refractivity contribution in [3.63, 3.8) is 0 Å². The number of nitrogen functional groups attached to an aromatic ring is 1. The third-order valence-electron chi connectivity index (χ3n) is 3.31. The van der Waals surface area contributed by atoms with Crippen LogP contribution < -0.4 is 20.6 Å². The first-order valence-corrected chi connectivity index (χ1v) is 8.18. The maximum Gasteiger partial charge on any atom is 0.244 e. The van der Waals surface area contributed by atoms with Gasteiger partial charge in [0.1, 0.15) is 0 Å². The zero-order valence-corrected chi connectivity index (χ0v) is 14.5. The summed E-state index contributed by atoms with van der Waals surface area (Å²) in [6.07, 6.45) is 1.81. The molecule has 1 amide bonds. The minimum absolute atomic E-state index is 0.197. The van der Waals surface area contributed by atoms with Crippen LogP contribution in [0.4, 0.5) is 5.69 Å². The maximum absolute atomic E-state index is 11.9. The molecule has 0 heterocycles. The van der Waals surface area contributed by atoms with Crippen LogP contribution in [0.1, 0.15) is 25.0 Å². The number of rotatable bonds is 8. The largest absolute Gasteiger partial charge is 0.490 e. The minimum Gasteiger partial charge on any atom is -0.490 e. The lowest BCUT2D eigenvalue weighted by molar-refractivity contribution is -0.120. The van der Waals surface area contributed by atoms with E-state index < -0.39 is 0 Å². The fourth-order valence-electron chi connectivity index (χ4n) is 2.19. The molecule has 0 spiro atoms. The van der Waals surface area contributed by atoms with Crippen molar-refractivity contribution < 1.29 is 14.3 Å². The summed E-state index contributed by atoms with van der Waals surface area (Å²) in [7, 11) is 0. The van der Waals surface area contributed by atoms with Crippen LogP contribution in [0.15, 0.2) is 47.6 Å². The maximum atomic E-state index is 11.9. The summed E-state index contributed by atoms with van der Waals surface area (Å²) in [4.78, 5) is 11.9. The number of carbonyl (C=O) groups excluding carboxylic acids is 1. The van der Waals surface area contributed by atoms with E-state index in [1.165, 1.54) is 0 Å². The predicted octanol–water partition coefficient (Wildman–Crippen LogP) is 2.76. The van der Waals surface area contributed by atoms with Crippen LogP contribution in [-0.4, -0.2) is 25.3 Å². The van der Waals surface area contributed by atoms with Gasteiger partial charge in [-0.05, 0) is 55.3 Å². The minimum atomic E-state index is -0.197. The van der Waals surface area contributed by atoms with Crippen molar-refractivity contribution in [2.75, 3.05) is 18.9 Å². The summed E-state index contributed by atoms with van der Waals surface area (Å²) in [5.74, 6) is 1.15. The number of hydrogen-bond acceptors (Lipinski definition) is 5. The van der Waals surface area contributed by atoms with Crippen molar-refractivity contribution in [3.8, 4) is 11.5 Å². The van der Waals surface area contributed by atoms with Crippen LogP contribution in [0, 0.1) is 0 Å². The van der Waals surface area contributed by atoms with Crippen molar-refractivity contribution in [3.05, 3.63) is 53.6 Å². The van der Waals surface area contributed by atoms with Gasteiger partial charge >= 0.3 is 0 Å². The van der Waals surface area contributed by atoms with E-state index in [0.29, 0.717) is 30.4 Å². The van der Waals surface area contributed by atoms with Gasteiger partial charge in [0, 0.05) is 5.69 Å². The molecule has 0 fully saturated rings. The molecule has 0 aliphatic rings. The molecule has 6 nitrogen and oxygen atoms in total. The summed E-state index contributed by atoms with van der Waals surface area (Å²) in [5.41, 5.74) is 10.5. The smallest absolute Gasteiger partial charge is 0.244 e. The number of hydrogen-bond donors (Lipinski definition) is 2. The van der Waals surface area contributed by atoms with E-state index in [1.54, 1.807) is 18.3 Å². The molecule has 0 aliphatic heterocycles. The Labute approximate surface area is 147 Å². The van der Waals surface area contributed by atoms with Crippen molar-refractivity contribution in [1.82, 2.24) is 5.43 Å². The fraction of sp³-hybridized carbons (Fsp3) is 0.263. The highest BCUT2D eigenvalue weighted by Gasteiger charge is 2.05. The van der Waals surface area contributed by atoms with E-state index >= 15 is 0 Å². The summed E-state index contributed by atoms with van der Waals surface area (Å²) in [5, 5.41) is 3.99.